The van der Waals surface area contributed by atoms with Crippen LogP contribution in [0.25, 0.3) is 0 Å². The van der Waals surface area contributed by atoms with Gasteiger partial charge in [0, 0.05) is 15.7 Å². The number of carbonyl (C=O) groups excluding carboxylic acids is 1. The van der Waals surface area contributed by atoms with Crippen molar-refractivity contribution in [1.82, 2.24) is 0 Å². The van der Waals surface area contributed by atoms with Gasteiger partial charge in [-0.15, -0.1) is 0 Å². The zero-order valence-electron chi connectivity index (χ0n) is 11.0. The summed E-state index contributed by atoms with van der Waals surface area (Å²) in [5.41, 5.74) is 0.902. The fourth-order valence-electron chi connectivity index (χ4n) is 1.74. The van der Waals surface area contributed by atoms with Gasteiger partial charge in [-0.1, -0.05) is 34.1 Å². The van der Waals surface area contributed by atoms with Gasteiger partial charge in [-0.2, -0.15) is 0 Å². The van der Waals surface area contributed by atoms with Gasteiger partial charge in [0.15, 0.2) is 18.2 Å². The van der Waals surface area contributed by atoms with E-state index in [2.05, 4.69) is 21.2 Å². The molecule has 0 saturated carbocycles. The molecule has 1 amide bonds. The highest BCUT2D eigenvalue weighted by molar-refractivity contribution is 9.10. The van der Waals surface area contributed by atoms with Crippen molar-refractivity contribution >= 4 is 27.5 Å². The molecule has 0 unspecified atom stereocenters. The minimum Gasteiger partial charge on any atom is -0.480 e. The summed E-state index contributed by atoms with van der Waals surface area (Å²) in [4.78, 5) is 11.8. The number of rotatable bonds is 5. The van der Waals surface area contributed by atoms with Gasteiger partial charge in [0.1, 0.15) is 0 Å². The van der Waals surface area contributed by atoms with Crippen LogP contribution in [0.15, 0.2) is 46.9 Å². The molecule has 0 aromatic heterocycles. The van der Waals surface area contributed by atoms with Crippen molar-refractivity contribution in [3.63, 3.8) is 0 Å². The van der Waals surface area contributed by atoms with Crippen LogP contribution >= 0.6 is 15.9 Å². The van der Waals surface area contributed by atoms with Crippen molar-refractivity contribution in [1.29, 1.82) is 0 Å². The van der Waals surface area contributed by atoms with Gasteiger partial charge in [-0.05, 0) is 24.3 Å². The molecule has 2 N–H and O–H groups in total. The fraction of sp³-hybridized carbons (Fsp3) is 0.133. The smallest absolute Gasteiger partial charge is 0.262 e. The van der Waals surface area contributed by atoms with Gasteiger partial charge in [0.05, 0.1) is 6.61 Å². The van der Waals surface area contributed by atoms with Crippen molar-refractivity contribution in [2.45, 2.75) is 6.61 Å². The van der Waals surface area contributed by atoms with Crippen LogP contribution in [0.3, 0.4) is 0 Å². The second kappa shape index (κ2) is 7.19. The molecule has 0 saturated heterocycles. The van der Waals surface area contributed by atoms with Crippen LogP contribution in [0.4, 0.5) is 10.1 Å². The lowest BCUT2D eigenvalue weighted by atomic mass is 10.2. The molecule has 110 valence electrons. The van der Waals surface area contributed by atoms with E-state index in [-0.39, 0.29) is 19.0 Å². The third-order valence-corrected chi connectivity index (χ3v) is 3.17. The second-order valence-electron chi connectivity index (χ2n) is 4.23. The van der Waals surface area contributed by atoms with E-state index < -0.39 is 11.7 Å². The number of carbonyl (C=O) groups is 1. The molecule has 2 rings (SSSR count). The van der Waals surface area contributed by atoms with E-state index in [9.17, 15) is 9.18 Å². The largest absolute Gasteiger partial charge is 0.480 e. The first-order chi connectivity index (χ1) is 10.1. The van der Waals surface area contributed by atoms with Gasteiger partial charge < -0.3 is 15.2 Å². The van der Waals surface area contributed by atoms with E-state index in [1.807, 2.05) is 6.07 Å². The standard InChI is InChI=1S/C15H13BrFNO3/c16-11-4-2-5-12(7-11)18-14(20)9-21-15-10(8-19)3-1-6-13(15)17/h1-7,19H,8-9H2,(H,18,20). The maximum atomic E-state index is 13.6. The number of halogens is 2. The van der Waals surface area contributed by atoms with E-state index in [1.54, 1.807) is 18.2 Å². The summed E-state index contributed by atoms with van der Waals surface area (Å²) in [5.74, 6) is -1.14. The van der Waals surface area contributed by atoms with E-state index >= 15 is 0 Å². The molecular weight excluding hydrogens is 341 g/mol. The van der Waals surface area contributed by atoms with Crippen molar-refractivity contribution in [3.8, 4) is 5.75 Å². The van der Waals surface area contributed by atoms with Crippen LogP contribution < -0.4 is 10.1 Å². The Hall–Kier alpha value is -1.92. The minimum atomic E-state index is -0.614. The van der Waals surface area contributed by atoms with E-state index in [0.717, 1.165) is 4.47 Å². The molecule has 0 atom stereocenters. The molecule has 0 heterocycles. The lowest BCUT2D eigenvalue weighted by Crippen LogP contribution is -2.21. The summed E-state index contributed by atoms with van der Waals surface area (Å²) in [6.45, 7) is -0.708. The quantitative estimate of drug-likeness (QED) is 0.868. The van der Waals surface area contributed by atoms with Gasteiger partial charge >= 0.3 is 0 Å². The summed E-state index contributed by atoms with van der Waals surface area (Å²) in [6, 6.07) is 11.3. The molecule has 21 heavy (non-hydrogen) atoms. The Morgan fingerprint density at radius 1 is 1.29 bits per heavy atom. The summed E-state index contributed by atoms with van der Waals surface area (Å²) < 4.78 is 19.6. The Labute approximate surface area is 129 Å². The number of hydrogen-bond acceptors (Lipinski definition) is 3. The Morgan fingerprint density at radius 3 is 2.76 bits per heavy atom. The van der Waals surface area contributed by atoms with Crippen molar-refractivity contribution in [3.05, 3.63) is 58.3 Å². The van der Waals surface area contributed by atoms with Crippen molar-refractivity contribution in [2.75, 3.05) is 11.9 Å². The molecule has 4 nitrogen and oxygen atoms in total. The Bertz CT molecular complexity index is 649. The Morgan fingerprint density at radius 2 is 2.05 bits per heavy atom. The van der Waals surface area contributed by atoms with E-state index in [0.29, 0.717) is 11.3 Å². The highest BCUT2D eigenvalue weighted by Crippen LogP contribution is 2.22. The van der Waals surface area contributed by atoms with E-state index in [1.165, 1.54) is 18.2 Å². The number of para-hydroxylation sites is 1. The van der Waals surface area contributed by atoms with Crippen LogP contribution in [0.5, 0.6) is 5.75 Å². The molecular formula is C15H13BrFNO3. The number of hydrogen-bond donors (Lipinski definition) is 2. The maximum Gasteiger partial charge on any atom is 0.262 e. The predicted octanol–water partition coefficient (Wildman–Crippen LogP) is 3.10. The molecule has 0 spiro atoms. The monoisotopic (exact) mass is 353 g/mol. The lowest BCUT2D eigenvalue weighted by molar-refractivity contribution is -0.118. The highest BCUT2D eigenvalue weighted by atomic mass is 79.9. The first-order valence-corrected chi connectivity index (χ1v) is 6.96. The van der Waals surface area contributed by atoms with Gasteiger partial charge in [0.2, 0.25) is 0 Å². The first-order valence-electron chi connectivity index (χ1n) is 6.16. The number of benzene rings is 2. The summed E-state index contributed by atoms with van der Waals surface area (Å²) in [6.07, 6.45) is 0. The number of ether oxygens (including phenoxy) is 1. The van der Waals surface area contributed by atoms with Crippen LogP contribution in [0, 0.1) is 5.82 Å². The average Bonchev–Trinajstić information content (AvgIpc) is 2.45. The SMILES string of the molecule is O=C(COc1c(F)cccc1CO)Nc1cccc(Br)c1. The lowest BCUT2D eigenvalue weighted by Gasteiger charge is -2.11. The third kappa shape index (κ3) is 4.27. The van der Waals surface area contributed by atoms with Gasteiger partial charge in [0.25, 0.3) is 5.91 Å². The molecule has 6 heteroatoms. The summed E-state index contributed by atoms with van der Waals surface area (Å²) in [5, 5.41) is 11.8. The number of nitrogens with one attached hydrogen (secondary N) is 1. The molecule has 0 fully saturated rings. The minimum absolute atomic E-state index is 0.107. The summed E-state index contributed by atoms with van der Waals surface area (Å²) in [7, 11) is 0. The number of amides is 1. The van der Waals surface area contributed by atoms with Gasteiger partial charge in [-0.3, -0.25) is 4.79 Å². The maximum absolute atomic E-state index is 13.6. The highest BCUT2D eigenvalue weighted by Gasteiger charge is 2.11. The topological polar surface area (TPSA) is 58.6 Å². The number of anilines is 1. The average molecular weight is 354 g/mol. The molecule has 0 bridgehead atoms. The van der Waals surface area contributed by atoms with Crippen LogP contribution in [-0.4, -0.2) is 17.6 Å². The zero-order chi connectivity index (χ0) is 15.2. The first kappa shape index (κ1) is 15.5. The Kier molecular flexibility index (Phi) is 5.30. The molecule has 0 aliphatic rings. The molecule has 2 aromatic rings. The molecule has 0 radical (unpaired) electrons. The van der Waals surface area contributed by atoms with Crippen LogP contribution in [-0.2, 0) is 11.4 Å². The van der Waals surface area contributed by atoms with Crippen molar-refractivity contribution in [2.24, 2.45) is 0 Å². The second-order valence-corrected chi connectivity index (χ2v) is 5.15. The fourth-order valence-corrected chi connectivity index (χ4v) is 2.14. The summed E-state index contributed by atoms with van der Waals surface area (Å²) >= 11 is 3.30. The Balaban J connectivity index is 1.99. The molecule has 2 aromatic carbocycles. The molecule has 0 aliphatic carbocycles. The van der Waals surface area contributed by atoms with Gasteiger partial charge in [-0.25, -0.2) is 4.39 Å². The van der Waals surface area contributed by atoms with E-state index in [4.69, 9.17) is 9.84 Å². The zero-order valence-corrected chi connectivity index (χ0v) is 12.6. The normalized spacial score (nSPS) is 10.2. The number of aliphatic hydroxyl groups is 1. The number of aliphatic hydroxyl groups excluding tert-OH is 1. The predicted molar refractivity (Wildman–Crippen MR) is 80.6 cm³/mol. The molecule has 0 aliphatic heterocycles. The van der Waals surface area contributed by atoms with Crippen LogP contribution in [0.1, 0.15) is 5.56 Å². The van der Waals surface area contributed by atoms with Crippen LogP contribution in [0.2, 0.25) is 0 Å². The van der Waals surface area contributed by atoms with Crippen molar-refractivity contribution < 1.29 is 19.0 Å². The third-order valence-electron chi connectivity index (χ3n) is 2.67.